The second-order valence-electron chi connectivity index (χ2n) is 6.15. The summed E-state index contributed by atoms with van der Waals surface area (Å²) in [5.41, 5.74) is 1.18. The molecule has 1 aliphatic rings. The van der Waals surface area contributed by atoms with Crippen LogP contribution in [0, 0.1) is 18.8 Å². The van der Waals surface area contributed by atoms with Crippen LogP contribution in [0.1, 0.15) is 12.5 Å². The smallest absolute Gasteiger partial charge is 0.310 e. The summed E-state index contributed by atoms with van der Waals surface area (Å²) < 4.78 is 10.6. The summed E-state index contributed by atoms with van der Waals surface area (Å²) >= 11 is 0. The number of carbonyl (C=O) groups excluding carboxylic acids is 1. The van der Waals surface area contributed by atoms with E-state index in [0.29, 0.717) is 19.7 Å². The van der Waals surface area contributed by atoms with Crippen molar-refractivity contribution in [3.8, 4) is 5.75 Å². The molecule has 24 heavy (non-hydrogen) atoms. The third kappa shape index (κ3) is 4.63. The van der Waals surface area contributed by atoms with Gasteiger partial charge in [0, 0.05) is 20.1 Å². The molecule has 0 aromatic heterocycles. The first-order valence-corrected chi connectivity index (χ1v) is 8.28. The van der Waals surface area contributed by atoms with Crippen LogP contribution in [-0.2, 0) is 9.53 Å². The van der Waals surface area contributed by atoms with E-state index in [1.54, 1.807) is 7.05 Å². The Kier molecular flexibility index (Phi) is 6.46. The van der Waals surface area contributed by atoms with E-state index in [1.807, 2.05) is 31.2 Å². The Morgan fingerprint density at radius 1 is 1.42 bits per heavy atom. The number of rotatable bonds is 5. The van der Waals surface area contributed by atoms with Crippen molar-refractivity contribution >= 4 is 11.9 Å². The third-order valence-electron chi connectivity index (χ3n) is 4.27. The molecule has 2 rings (SSSR count). The van der Waals surface area contributed by atoms with Gasteiger partial charge in [0.15, 0.2) is 5.96 Å². The number of aliphatic imine (C=N–C) groups is 1. The minimum Gasteiger partial charge on any atom is -0.492 e. The second-order valence-corrected chi connectivity index (χ2v) is 6.15. The number of benzene rings is 1. The summed E-state index contributed by atoms with van der Waals surface area (Å²) in [6, 6.07) is 7.98. The number of guanidine groups is 1. The lowest BCUT2D eigenvalue weighted by Gasteiger charge is -2.21. The van der Waals surface area contributed by atoms with Gasteiger partial charge in [0.1, 0.15) is 12.4 Å². The van der Waals surface area contributed by atoms with Crippen molar-refractivity contribution in [2.45, 2.75) is 13.8 Å². The summed E-state index contributed by atoms with van der Waals surface area (Å²) in [6.45, 7) is 6.72. The zero-order valence-corrected chi connectivity index (χ0v) is 14.9. The summed E-state index contributed by atoms with van der Waals surface area (Å²) in [6.07, 6.45) is 0. The molecular formula is C18H27N3O3. The van der Waals surface area contributed by atoms with Gasteiger partial charge in [0.25, 0.3) is 0 Å². The molecule has 1 heterocycles. The van der Waals surface area contributed by atoms with Crippen LogP contribution in [0.3, 0.4) is 0 Å². The van der Waals surface area contributed by atoms with Crippen LogP contribution < -0.4 is 10.1 Å². The number of methoxy groups -OCH3 is 1. The molecule has 1 saturated heterocycles. The van der Waals surface area contributed by atoms with E-state index in [1.165, 1.54) is 12.7 Å². The Morgan fingerprint density at radius 3 is 2.88 bits per heavy atom. The van der Waals surface area contributed by atoms with Gasteiger partial charge in [0.05, 0.1) is 19.6 Å². The molecule has 1 N–H and O–H groups in total. The molecule has 0 radical (unpaired) electrons. The molecule has 6 nitrogen and oxygen atoms in total. The number of hydrogen-bond acceptors (Lipinski definition) is 4. The molecule has 6 heteroatoms. The van der Waals surface area contributed by atoms with Crippen LogP contribution in [0.2, 0.25) is 0 Å². The summed E-state index contributed by atoms with van der Waals surface area (Å²) in [5.74, 6) is 1.66. The zero-order valence-electron chi connectivity index (χ0n) is 14.9. The van der Waals surface area contributed by atoms with Gasteiger partial charge in [-0.3, -0.25) is 9.79 Å². The second kappa shape index (κ2) is 8.57. The van der Waals surface area contributed by atoms with Gasteiger partial charge >= 0.3 is 5.97 Å². The average Bonchev–Trinajstić information content (AvgIpc) is 2.96. The Balaban J connectivity index is 1.80. The third-order valence-corrected chi connectivity index (χ3v) is 4.27. The summed E-state index contributed by atoms with van der Waals surface area (Å²) in [5, 5.41) is 3.29. The normalized spacial score (nSPS) is 20.8. The maximum Gasteiger partial charge on any atom is 0.310 e. The fourth-order valence-corrected chi connectivity index (χ4v) is 2.97. The average molecular weight is 333 g/mol. The number of nitrogens with zero attached hydrogens (tertiary/aromatic N) is 2. The van der Waals surface area contributed by atoms with E-state index in [0.717, 1.165) is 18.3 Å². The van der Waals surface area contributed by atoms with Gasteiger partial charge in [0.2, 0.25) is 0 Å². The van der Waals surface area contributed by atoms with Crippen LogP contribution in [0.5, 0.6) is 5.75 Å². The highest BCUT2D eigenvalue weighted by Gasteiger charge is 2.36. The first-order valence-electron chi connectivity index (χ1n) is 8.28. The number of hydrogen-bond donors (Lipinski definition) is 1. The molecule has 2 atom stereocenters. The molecule has 1 fully saturated rings. The van der Waals surface area contributed by atoms with Crippen molar-refractivity contribution in [3.63, 3.8) is 0 Å². The molecule has 0 aliphatic carbocycles. The van der Waals surface area contributed by atoms with Gasteiger partial charge in [-0.1, -0.05) is 19.1 Å². The SMILES string of the molecule is CN=C(NCCOc1cccc(C)c1)N1CC(C)C(C(=O)OC)C1. The highest BCUT2D eigenvalue weighted by molar-refractivity contribution is 5.82. The van der Waals surface area contributed by atoms with Crippen molar-refractivity contribution in [1.82, 2.24) is 10.2 Å². The van der Waals surface area contributed by atoms with Crippen LogP contribution in [0.25, 0.3) is 0 Å². The quantitative estimate of drug-likeness (QED) is 0.384. The Bertz CT molecular complexity index is 589. The van der Waals surface area contributed by atoms with Crippen LogP contribution in [0.4, 0.5) is 0 Å². The van der Waals surface area contributed by atoms with E-state index in [9.17, 15) is 4.79 Å². The van der Waals surface area contributed by atoms with E-state index >= 15 is 0 Å². The molecule has 1 aromatic carbocycles. The lowest BCUT2D eigenvalue weighted by atomic mass is 9.99. The Labute approximate surface area is 143 Å². The Hall–Kier alpha value is -2.24. The van der Waals surface area contributed by atoms with Gasteiger partial charge in [-0.2, -0.15) is 0 Å². The van der Waals surface area contributed by atoms with Crippen molar-refractivity contribution in [3.05, 3.63) is 29.8 Å². The topological polar surface area (TPSA) is 63.2 Å². The number of ether oxygens (including phenoxy) is 2. The lowest BCUT2D eigenvalue weighted by Crippen LogP contribution is -2.42. The summed E-state index contributed by atoms with van der Waals surface area (Å²) in [7, 11) is 3.19. The zero-order chi connectivity index (χ0) is 17.5. The molecule has 2 unspecified atom stereocenters. The van der Waals surface area contributed by atoms with E-state index in [4.69, 9.17) is 9.47 Å². The monoisotopic (exact) mass is 333 g/mol. The van der Waals surface area contributed by atoms with Crippen LogP contribution in [-0.4, -0.2) is 57.2 Å². The molecular weight excluding hydrogens is 306 g/mol. The largest absolute Gasteiger partial charge is 0.492 e. The highest BCUT2D eigenvalue weighted by Crippen LogP contribution is 2.24. The summed E-state index contributed by atoms with van der Waals surface area (Å²) in [4.78, 5) is 18.2. The number of likely N-dealkylation sites (tertiary alicyclic amines) is 1. The molecule has 0 bridgehead atoms. The van der Waals surface area contributed by atoms with Crippen molar-refractivity contribution in [1.29, 1.82) is 0 Å². The fourth-order valence-electron chi connectivity index (χ4n) is 2.97. The molecule has 1 aromatic rings. The van der Waals surface area contributed by atoms with E-state index < -0.39 is 0 Å². The molecule has 0 saturated carbocycles. The molecule has 0 spiro atoms. The first kappa shape index (κ1) is 18.1. The number of esters is 1. The minimum absolute atomic E-state index is 0.0999. The highest BCUT2D eigenvalue weighted by atomic mass is 16.5. The number of aryl methyl sites for hydroxylation is 1. The Morgan fingerprint density at radius 2 is 2.21 bits per heavy atom. The van der Waals surface area contributed by atoms with Crippen LogP contribution >= 0.6 is 0 Å². The van der Waals surface area contributed by atoms with Gasteiger partial charge in [-0.25, -0.2) is 0 Å². The predicted molar refractivity (Wildman–Crippen MR) is 94.3 cm³/mol. The number of nitrogens with one attached hydrogen (secondary N) is 1. The first-order chi connectivity index (χ1) is 11.5. The molecule has 132 valence electrons. The van der Waals surface area contributed by atoms with Crippen molar-refractivity contribution in [2.24, 2.45) is 16.8 Å². The van der Waals surface area contributed by atoms with Crippen molar-refractivity contribution < 1.29 is 14.3 Å². The lowest BCUT2D eigenvalue weighted by molar-refractivity contribution is -0.145. The number of carbonyl (C=O) groups is 1. The molecule has 1 aliphatic heterocycles. The van der Waals surface area contributed by atoms with E-state index in [-0.39, 0.29) is 17.8 Å². The predicted octanol–water partition coefficient (Wildman–Crippen LogP) is 1.69. The van der Waals surface area contributed by atoms with Crippen LogP contribution in [0.15, 0.2) is 29.3 Å². The molecule has 0 amide bonds. The minimum atomic E-state index is -0.150. The van der Waals surface area contributed by atoms with Gasteiger partial charge in [-0.05, 0) is 30.5 Å². The van der Waals surface area contributed by atoms with E-state index in [2.05, 4.69) is 22.1 Å². The maximum absolute atomic E-state index is 11.8. The van der Waals surface area contributed by atoms with Gasteiger partial charge < -0.3 is 19.7 Å². The van der Waals surface area contributed by atoms with Gasteiger partial charge in [-0.15, -0.1) is 0 Å². The maximum atomic E-state index is 11.8. The van der Waals surface area contributed by atoms with Crippen molar-refractivity contribution in [2.75, 3.05) is 40.4 Å². The fraction of sp³-hybridized carbons (Fsp3) is 0.556. The standard InChI is InChI=1S/C18H27N3O3/c1-13-6-5-7-15(10-13)24-9-8-20-18(19-3)21-11-14(2)16(12-21)17(22)23-4/h5-7,10,14,16H,8-9,11-12H2,1-4H3,(H,19,20).